The van der Waals surface area contributed by atoms with Crippen LogP contribution in [0.2, 0.25) is 0 Å². The molecule has 0 aliphatic heterocycles. The van der Waals surface area contributed by atoms with Crippen molar-refractivity contribution in [3.05, 3.63) is 0 Å². The average Bonchev–Trinajstić information content (AvgIpc) is 2.83. The zero-order chi connectivity index (χ0) is 17.3. The molecule has 4 saturated carbocycles. The maximum atomic E-state index is 12.7. The van der Waals surface area contributed by atoms with Crippen LogP contribution in [-0.4, -0.2) is 29.7 Å². The van der Waals surface area contributed by atoms with Crippen LogP contribution in [0.1, 0.15) is 72.1 Å². The van der Waals surface area contributed by atoms with Crippen molar-refractivity contribution in [1.82, 2.24) is 0 Å². The van der Waals surface area contributed by atoms with Crippen molar-refractivity contribution >= 4 is 5.78 Å². The Morgan fingerprint density at radius 3 is 2.54 bits per heavy atom. The summed E-state index contributed by atoms with van der Waals surface area (Å²) in [6, 6.07) is 0. The molecule has 3 heteroatoms. The summed E-state index contributed by atoms with van der Waals surface area (Å²) in [5, 5.41) is 10.6. The largest absolute Gasteiger partial charge is 0.390 e. The lowest BCUT2D eigenvalue weighted by atomic mass is 9.44. The molecule has 4 aliphatic rings. The van der Waals surface area contributed by atoms with E-state index in [9.17, 15) is 9.90 Å². The maximum Gasteiger partial charge on any atom is 0.141 e. The molecule has 0 amide bonds. The van der Waals surface area contributed by atoms with E-state index in [4.69, 9.17) is 4.74 Å². The van der Waals surface area contributed by atoms with E-state index in [1.165, 1.54) is 12.8 Å². The lowest BCUT2D eigenvalue weighted by Crippen LogP contribution is -2.59. The Labute approximate surface area is 146 Å². The minimum absolute atomic E-state index is 0.0803. The van der Waals surface area contributed by atoms with Crippen LogP contribution >= 0.6 is 0 Å². The SMILES string of the molecule is CO[C@@H]1C[C@H]2[C@@H](CC[C@H]3C[C@](C)(O)CC[C@@]32C)[C@@H]2CCC(=O)[C@@]12C. The van der Waals surface area contributed by atoms with Crippen molar-refractivity contribution in [1.29, 1.82) is 0 Å². The van der Waals surface area contributed by atoms with Gasteiger partial charge in [-0.05, 0) is 87.9 Å². The van der Waals surface area contributed by atoms with Crippen LogP contribution < -0.4 is 0 Å². The molecule has 8 atom stereocenters. The molecule has 3 nitrogen and oxygen atoms in total. The van der Waals surface area contributed by atoms with E-state index >= 15 is 0 Å². The summed E-state index contributed by atoms with van der Waals surface area (Å²) < 4.78 is 5.92. The molecule has 4 aliphatic carbocycles. The first-order chi connectivity index (χ1) is 11.2. The zero-order valence-corrected chi connectivity index (χ0v) is 15.8. The number of fused-ring (bicyclic) bond motifs is 5. The van der Waals surface area contributed by atoms with Gasteiger partial charge in [-0.2, -0.15) is 0 Å². The second-order valence-corrected chi connectivity index (χ2v) is 10.1. The number of ketones is 1. The molecule has 0 spiro atoms. The summed E-state index contributed by atoms with van der Waals surface area (Å²) in [6.07, 6.45) is 8.39. The summed E-state index contributed by atoms with van der Waals surface area (Å²) in [5.74, 6) is 2.91. The van der Waals surface area contributed by atoms with Gasteiger partial charge in [-0.1, -0.05) is 6.92 Å². The number of hydrogen-bond donors (Lipinski definition) is 1. The van der Waals surface area contributed by atoms with E-state index in [1.807, 2.05) is 6.92 Å². The summed E-state index contributed by atoms with van der Waals surface area (Å²) in [7, 11) is 1.80. The Balaban J connectivity index is 1.68. The highest BCUT2D eigenvalue weighted by Gasteiger charge is 2.64. The van der Waals surface area contributed by atoms with E-state index < -0.39 is 5.60 Å². The molecule has 136 valence electrons. The highest BCUT2D eigenvalue weighted by Crippen LogP contribution is 2.66. The fourth-order valence-corrected chi connectivity index (χ4v) is 7.49. The topological polar surface area (TPSA) is 46.5 Å². The third-order valence-corrected chi connectivity index (χ3v) is 9.03. The monoisotopic (exact) mass is 334 g/mol. The molecule has 4 fully saturated rings. The van der Waals surface area contributed by atoms with E-state index in [1.54, 1.807) is 7.11 Å². The van der Waals surface area contributed by atoms with Gasteiger partial charge in [0.25, 0.3) is 0 Å². The number of carbonyl (C=O) groups is 1. The number of hydrogen-bond acceptors (Lipinski definition) is 3. The number of aliphatic hydroxyl groups is 1. The molecule has 0 heterocycles. The van der Waals surface area contributed by atoms with Crippen molar-refractivity contribution in [3.63, 3.8) is 0 Å². The van der Waals surface area contributed by atoms with Crippen molar-refractivity contribution < 1.29 is 14.6 Å². The fraction of sp³-hybridized carbons (Fsp3) is 0.952. The molecule has 0 bridgehead atoms. The van der Waals surface area contributed by atoms with Crippen LogP contribution in [-0.2, 0) is 9.53 Å². The molecular formula is C21H34O3. The molecule has 0 aromatic heterocycles. The zero-order valence-electron chi connectivity index (χ0n) is 15.8. The van der Waals surface area contributed by atoms with Crippen LogP contribution in [0.3, 0.4) is 0 Å². The second kappa shape index (κ2) is 5.30. The van der Waals surface area contributed by atoms with Gasteiger partial charge in [-0.25, -0.2) is 0 Å². The molecule has 0 radical (unpaired) electrons. The van der Waals surface area contributed by atoms with Crippen LogP contribution in [0.15, 0.2) is 0 Å². The first-order valence-corrected chi connectivity index (χ1v) is 10.0. The molecular weight excluding hydrogens is 300 g/mol. The summed E-state index contributed by atoms with van der Waals surface area (Å²) in [5.41, 5.74) is -0.418. The van der Waals surface area contributed by atoms with Gasteiger partial charge in [-0.15, -0.1) is 0 Å². The van der Waals surface area contributed by atoms with Gasteiger partial charge in [0.1, 0.15) is 5.78 Å². The van der Waals surface area contributed by atoms with E-state index in [0.717, 1.165) is 38.5 Å². The van der Waals surface area contributed by atoms with Crippen molar-refractivity contribution in [2.75, 3.05) is 7.11 Å². The number of rotatable bonds is 1. The van der Waals surface area contributed by atoms with Crippen molar-refractivity contribution in [3.8, 4) is 0 Å². The van der Waals surface area contributed by atoms with E-state index in [0.29, 0.717) is 34.9 Å². The summed E-state index contributed by atoms with van der Waals surface area (Å²) in [6.45, 7) is 6.69. The van der Waals surface area contributed by atoms with E-state index in [-0.39, 0.29) is 11.5 Å². The van der Waals surface area contributed by atoms with Gasteiger partial charge < -0.3 is 9.84 Å². The first kappa shape index (κ1) is 17.0. The standard InChI is InChI=1S/C21H34O3/c1-19(23)9-10-20(2)13(12-19)5-6-14-15-7-8-17(22)21(15,3)18(24-4)11-16(14)20/h13-16,18,23H,5-12H2,1-4H3/t13-,14-,15-,16-,18+,19+,20-,21-/m0/s1. The minimum atomic E-state index is -0.482. The Hall–Kier alpha value is -0.410. The second-order valence-electron chi connectivity index (χ2n) is 10.1. The quantitative estimate of drug-likeness (QED) is 0.789. The third-order valence-electron chi connectivity index (χ3n) is 9.03. The lowest BCUT2D eigenvalue weighted by Gasteiger charge is -2.62. The predicted molar refractivity (Wildman–Crippen MR) is 93.5 cm³/mol. The average molecular weight is 335 g/mol. The highest BCUT2D eigenvalue weighted by molar-refractivity contribution is 5.88. The number of methoxy groups -OCH3 is 1. The van der Waals surface area contributed by atoms with E-state index in [2.05, 4.69) is 13.8 Å². The van der Waals surface area contributed by atoms with Crippen molar-refractivity contribution in [2.45, 2.75) is 83.8 Å². The molecule has 0 aromatic rings. The molecule has 0 unspecified atom stereocenters. The molecule has 0 aromatic carbocycles. The first-order valence-electron chi connectivity index (χ1n) is 10.0. The number of Topliss-reactive ketones (excluding diaryl/α,β-unsaturated/α-hetero) is 1. The maximum absolute atomic E-state index is 12.7. The summed E-state index contributed by atoms with van der Waals surface area (Å²) >= 11 is 0. The highest BCUT2D eigenvalue weighted by atomic mass is 16.5. The van der Waals surface area contributed by atoms with Crippen LogP contribution in [0.25, 0.3) is 0 Å². The fourth-order valence-electron chi connectivity index (χ4n) is 7.49. The van der Waals surface area contributed by atoms with Crippen LogP contribution in [0, 0.1) is 34.5 Å². The number of carbonyl (C=O) groups excluding carboxylic acids is 1. The van der Waals surface area contributed by atoms with Crippen LogP contribution in [0.5, 0.6) is 0 Å². The van der Waals surface area contributed by atoms with Gasteiger partial charge in [-0.3, -0.25) is 4.79 Å². The normalized spacial score (nSPS) is 57.2. The third kappa shape index (κ3) is 2.13. The Bertz CT molecular complexity index is 541. The molecule has 24 heavy (non-hydrogen) atoms. The van der Waals surface area contributed by atoms with Crippen molar-refractivity contribution in [2.24, 2.45) is 34.5 Å². The van der Waals surface area contributed by atoms with Gasteiger partial charge >= 0.3 is 0 Å². The van der Waals surface area contributed by atoms with Gasteiger partial charge in [0.15, 0.2) is 0 Å². The number of ether oxygens (including phenoxy) is 1. The molecule has 0 saturated heterocycles. The smallest absolute Gasteiger partial charge is 0.141 e. The van der Waals surface area contributed by atoms with Gasteiger partial charge in [0, 0.05) is 13.5 Å². The van der Waals surface area contributed by atoms with Gasteiger partial charge in [0.2, 0.25) is 0 Å². The molecule has 4 rings (SSSR count). The van der Waals surface area contributed by atoms with Crippen LogP contribution in [0.4, 0.5) is 0 Å². The Morgan fingerprint density at radius 2 is 1.83 bits per heavy atom. The minimum Gasteiger partial charge on any atom is -0.390 e. The van der Waals surface area contributed by atoms with Gasteiger partial charge in [0.05, 0.1) is 17.1 Å². The Kier molecular flexibility index (Phi) is 3.76. The summed E-state index contributed by atoms with van der Waals surface area (Å²) in [4.78, 5) is 12.7. The Morgan fingerprint density at radius 1 is 1.08 bits per heavy atom. The lowest BCUT2D eigenvalue weighted by molar-refractivity contribution is -0.182. The predicted octanol–water partition coefficient (Wildman–Crippen LogP) is 3.97. The molecule has 1 N–H and O–H groups in total.